The smallest absolute Gasteiger partial charge is 0.161 e. The Morgan fingerprint density at radius 1 is 1.07 bits per heavy atom. The van der Waals surface area contributed by atoms with E-state index in [2.05, 4.69) is 30.8 Å². The SMILES string of the molecule is Fc1ccc(-c2cc(Nc3ccc4[nH]ncc4c3)nc(C3CNCCO3)n2)cc1. The van der Waals surface area contributed by atoms with Gasteiger partial charge in [0, 0.05) is 35.8 Å². The average molecular weight is 390 g/mol. The third-order valence-electron chi connectivity index (χ3n) is 4.81. The summed E-state index contributed by atoms with van der Waals surface area (Å²) in [4.78, 5) is 9.37. The Kier molecular flexibility index (Phi) is 4.63. The third-order valence-corrected chi connectivity index (χ3v) is 4.81. The fourth-order valence-corrected chi connectivity index (χ4v) is 3.34. The second-order valence-electron chi connectivity index (χ2n) is 6.86. The van der Waals surface area contributed by atoms with Crippen LogP contribution in [0, 0.1) is 5.82 Å². The molecule has 1 saturated heterocycles. The van der Waals surface area contributed by atoms with Crippen molar-refractivity contribution in [2.45, 2.75) is 6.10 Å². The van der Waals surface area contributed by atoms with Gasteiger partial charge in [0.2, 0.25) is 0 Å². The van der Waals surface area contributed by atoms with Crippen LogP contribution in [-0.2, 0) is 4.74 Å². The highest BCUT2D eigenvalue weighted by Gasteiger charge is 2.20. The van der Waals surface area contributed by atoms with Crippen LogP contribution in [0.15, 0.2) is 54.7 Å². The number of halogens is 1. The highest BCUT2D eigenvalue weighted by molar-refractivity contribution is 5.82. The average Bonchev–Trinajstić information content (AvgIpc) is 3.23. The number of aromatic nitrogens is 4. The predicted molar refractivity (Wildman–Crippen MR) is 108 cm³/mol. The molecule has 29 heavy (non-hydrogen) atoms. The van der Waals surface area contributed by atoms with Gasteiger partial charge in [-0.25, -0.2) is 14.4 Å². The molecule has 146 valence electrons. The molecule has 1 aliphatic rings. The van der Waals surface area contributed by atoms with Crippen LogP contribution in [0.3, 0.4) is 0 Å². The first kappa shape index (κ1) is 17.7. The van der Waals surface area contributed by atoms with Crippen molar-refractivity contribution in [2.24, 2.45) is 0 Å². The summed E-state index contributed by atoms with van der Waals surface area (Å²) in [5.74, 6) is 0.951. The van der Waals surface area contributed by atoms with Crippen molar-refractivity contribution in [1.29, 1.82) is 0 Å². The molecule has 5 rings (SSSR count). The lowest BCUT2D eigenvalue weighted by Crippen LogP contribution is -2.34. The second-order valence-corrected chi connectivity index (χ2v) is 6.86. The minimum atomic E-state index is -0.283. The summed E-state index contributed by atoms with van der Waals surface area (Å²) in [5, 5.41) is 14.6. The number of nitrogens with one attached hydrogen (secondary N) is 3. The van der Waals surface area contributed by atoms with E-state index in [1.807, 2.05) is 24.3 Å². The predicted octanol–water partition coefficient (Wildman–Crippen LogP) is 3.56. The molecule has 7 nitrogen and oxygen atoms in total. The summed E-state index contributed by atoms with van der Waals surface area (Å²) >= 11 is 0. The largest absolute Gasteiger partial charge is 0.368 e. The zero-order valence-electron chi connectivity index (χ0n) is 15.5. The van der Waals surface area contributed by atoms with Gasteiger partial charge in [-0.1, -0.05) is 0 Å². The molecule has 0 saturated carbocycles. The maximum Gasteiger partial charge on any atom is 0.161 e. The van der Waals surface area contributed by atoms with Gasteiger partial charge in [-0.3, -0.25) is 5.10 Å². The number of rotatable bonds is 4. The van der Waals surface area contributed by atoms with Crippen molar-refractivity contribution in [3.8, 4) is 11.3 Å². The topological polar surface area (TPSA) is 87.8 Å². The Hall–Kier alpha value is -3.36. The number of aromatic amines is 1. The van der Waals surface area contributed by atoms with Gasteiger partial charge in [-0.05, 0) is 42.5 Å². The molecule has 1 aliphatic heterocycles. The van der Waals surface area contributed by atoms with Crippen LogP contribution >= 0.6 is 0 Å². The monoisotopic (exact) mass is 390 g/mol. The van der Waals surface area contributed by atoms with Crippen LogP contribution in [0.1, 0.15) is 11.9 Å². The van der Waals surface area contributed by atoms with Crippen molar-refractivity contribution in [3.05, 3.63) is 66.4 Å². The van der Waals surface area contributed by atoms with Gasteiger partial charge in [0.05, 0.1) is 24.0 Å². The van der Waals surface area contributed by atoms with Crippen molar-refractivity contribution in [3.63, 3.8) is 0 Å². The number of nitrogens with zero attached hydrogens (tertiary/aromatic N) is 3. The van der Waals surface area contributed by atoms with E-state index >= 15 is 0 Å². The summed E-state index contributed by atoms with van der Waals surface area (Å²) in [6.45, 7) is 2.06. The van der Waals surface area contributed by atoms with Crippen molar-refractivity contribution < 1.29 is 9.13 Å². The Labute approximate surface area is 166 Å². The number of hydrogen-bond donors (Lipinski definition) is 3. The lowest BCUT2D eigenvalue weighted by molar-refractivity contribution is 0.0223. The maximum atomic E-state index is 13.4. The normalized spacial score (nSPS) is 16.8. The molecule has 1 unspecified atom stereocenters. The molecule has 4 aromatic rings. The summed E-state index contributed by atoms with van der Waals surface area (Å²) < 4.78 is 19.2. The number of fused-ring (bicyclic) bond motifs is 1. The second kappa shape index (κ2) is 7.57. The molecule has 3 heterocycles. The molecular weight excluding hydrogens is 371 g/mol. The van der Waals surface area contributed by atoms with E-state index in [1.54, 1.807) is 18.3 Å². The van der Waals surface area contributed by atoms with Gasteiger partial charge in [-0.2, -0.15) is 5.10 Å². The van der Waals surface area contributed by atoms with Gasteiger partial charge in [0.1, 0.15) is 17.7 Å². The van der Waals surface area contributed by atoms with E-state index in [9.17, 15) is 4.39 Å². The van der Waals surface area contributed by atoms with E-state index in [0.29, 0.717) is 30.5 Å². The zero-order valence-corrected chi connectivity index (χ0v) is 15.5. The maximum absolute atomic E-state index is 13.4. The minimum absolute atomic E-state index is 0.235. The molecule has 1 atom stereocenters. The third kappa shape index (κ3) is 3.80. The Morgan fingerprint density at radius 2 is 1.97 bits per heavy atom. The van der Waals surface area contributed by atoms with Crippen molar-refractivity contribution in [2.75, 3.05) is 25.0 Å². The molecule has 2 aromatic carbocycles. The van der Waals surface area contributed by atoms with Crippen molar-refractivity contribution >= 4 is 22.4 Å². The molecule has 1 fully saturated rings. The first-order valence-electron chi connectivity index (χ1n) is 9.42. The molecule has 0 aliphatic carbocycles. The number of hydrogen-bond acceptors (Lipinski definition) is 6. The van der Waals surface area contributed by atoms with Gasteiger partial charge < -0.3 is 15.4 Å². The van der Waals surface area contributed by atoms with Crippen LogP contribution in [0.25, 0.3) is 22.2 Å². The summed E-state index contributed by atoms with van der Waals surface area (Å²) in [6, 6.07) is 14.0. The van der Waals surface area contributed by atoms with Crippen LogP contribution in [0.2, 0.25) is 0 Å². The number of anilines is 2. The van der Waals surface area contributed by atoms with E-state index in [0.717, 1.165) is 28.7 Å². The van der Waals surface area contributed by atoms with Gasteiger partial charge in [0.15, 0.2) is 5.82 Å². The number of benzene rings is 2. The molecule has 0 bridgehead atoms. The molecule has 2 aromatic heterocycles. The Morgan fingerprint density at radius 3 is 2.79 bits per heavy atom. The van der Waals surface area contributed by atoms with Crippen LogP contribution in [0.5, 0.6) is 0 Å². The lowest BCUT2D eigenvalue weighted by Gasteiger charge is -2.23. The number of morpholine rings is 1. The highest BCUT2D eigenvalue weighted by Crippen LogP contribution is 2.27. The van der Waals surface area contributed by atoms with Crippen LogP contribution in [-0.4, -0.2) is 39.9 Å². The van der Waals surface area contributed by atoms with E-state index in [-0.39, 0.29) is 11.9 Å². The van der Waals surface area contributed by atoms with Crippen LogP contribution < -0.4 is 10.6 Å². The van der Waals surface area contributed by atoms with Gasteiger partial charge in [0.25, 0.3) is 0 Å². The van der Waals surface area contributed by atoms with Gasteiger partial charge >= 0.3 is 0 Å². The summed E-state index contributed by atoms with van der Waals surface area (Å²) in [6.07, 6.45) is 1.54. The molecule has 0 spiro atoms. The van der Waals surface area contributed by atoms with Crippen molar-refractivity contribution in [1.82, 2.24) is 25.5 Å². The fourth-order valence-electron chi connectivity index (χ4n) is 3.34. The first-order chi connectivity index (χ1) is 14.2. The lowest BCUT2D eigenvalue weighted by atomic mass is 10.1. The minimum Gasteiger partial charge on any atom is -0.368 e. The quantitative estimate of drug-likeness (QED) is 0.494. The molecular formula is C21H19FN6O. The Balaban J connectivity index is 1.53. The number of H-pyrrole nitrogens is 1. The van der Waals surface area contributed by atoms with E-state index < -0.39 is 0 Å². The first-order valence-corrected chi connectivity index (χ1v) is 9.42. The molecule has 3 N–H and O–H groups in total. The van der Waals surface area contributed by atoms with Gasteiger partial charge in [-0.15, -0.1) is 0 Å². The molecule has 8 heteroatoms. The Bertz CT molecular complexity index is 1140. The van der Waals surface area contributed by atoms with E-state index in [4.69, 9.17) is 4.74 Å². The molecule has 0 amide bonds. The summed E-state index contributed by atoms with van der Waals surface area (Å²) in [5.41, 5.74) is 3.37. The standard InChI is InChI=1S/C21H19FN6O/c22-15-3-1-13(2-4-15)18-10-20(27-21(26-18)19-12-23-7-8-29-19)25-16-5-6-17-14(9-16)11-24-28-17/h1-6,9-11,19,23H,7-8,12H2,(H,24,28)(H,25,26,27). The fraction of sp³-hybridized carbons (Fsp3) is 0.190. The zero-order chi connectivity index (χ0) is 19.6. The number of ether oxygens (including phenoxy) is 1. The highest BCUT2D eigenvalue weighted by atomic mass is 19.1. The van der Waals surface area contributed by atoms with E-state index in [1.165, 1.54) is 12.1 Å². The summed E-state index contributed by atoms with van der Waals surface area (Å²) in [7, 11) is 0. The van der Waals surface area contributed by atoms with Crippen LogP contribution in [0.4, 0.5) is 15.9 Å². The molecule has 0 radical (unpaired) electrons.